The molecule has 1 heterocycles. The van der Waals surface area contributed by atoms with E-state index < -0.39 is 0 Å². The summed E-state index contributed by atoms with van der Waals surface area (Å²) < 4.78 is 20.9. The summed E-state index contributed by atoms with van der Waals surface area (Å²) in [7, 11) is 1.57. The molecule has 0 spiro atoms. The Morgan fingerprint density at radius 1 is 1.38 bits per heavy atom. The molecular weight excluding hydrogens is 314 g/mol. The quantitative estimate of drug-likeness (QED) is 0.678. The molecule has 2 atom stereocenters. The predicted octanol–water partition coefficient (Wildman–Crippen LogP) is 2.38. The second-order valence-electron chi connectivity index (χ2n) is 5.62. The molecule has 1 saturated heterocycles. The van der Waals surface area contributed by atoms with Crippen molar-refractivity contribution in [3.63, 3.8) is 0 Å². The lowest BCUT2D eigenvalue weighted by Gasteiger charge is -2.15. The zero-order valence-corrected chi connectivity index (χ0v) is 14.2. The summed E-state index contributed by atoms with van der Waals surface area (Å²) in [6.07, 6.45) is -0.195. The van der Waals surface area contributed by atoms with Crippen molar-refractivity contribution < 1.29 is 28.5 Å². The fourth-order valence-corrected chi connectivity index (χ4v) is 2.41. The first-order valence-corrected chi connectivity index (χ1v) is 7.86. The van der Waals surface area contributed by atoms with Crippen LogP contribution in [0.5, 0.6) is 5.75 Å². The van der Waals surface area contributed by atoms with Crippen molar-refractivity contribution >= 4 is 17.7 Å². The van der Waals surface area contributed by atoms with Gasteiger partial charge in [0.25, 0.3) is 0 Å². The molecule has 1 fully saturated rings. The fraction of sp³-hybridized carbons (Fsp3) is 0.529. The highest BCUT2D eigenvalue weighted by Crippen LogP contribution is 2.24. The summed E-state index contributed by atoms with van der Waals surface area (Å²) in [6, 6.07) is 7.20. The first kappa shape index (κ1) is 18.1. The predicted molar refractivity (Wildman–Crippen MR) is 87.3 cm³/mol. The van der Waals surface area contributed by atoms with Crippen LogP contribution in [0.1, 0.15) is 20.3 Å². The van der Waals surface area contributed by atoms with E-state index in [1.165, 1.54) is 6.92 Å². The first-order valence-electron chi connectivity index (χ1n) is 7.86. The van der Waals surface area contributed by atoms with Crippen molar-refractivity contribution in [3.05, 3.63) is 24.3 Å². The third-order valence-electron chi connectivity index (χ3n) is 3.54. The van der Waals surface area contributed by atoms with Gasteiger partial charge >= 0.3 is 12.1 Å². The number of amides is 1. The number of carbonyl (C=O) groups excluding carboxylic acids is 2. The minimum Gasteiger partial charge on any atom is -0.493 e. The van der Waals surface area contributed by atoms with E-state index in [2.05, 4.69) is 0 Å². The maximum absolute atomic E-state index is 11.9. The first-order chi connectivity index (χ1) is 11.5. The van der Waals surface area contributed by atoms with E-state index in [0.717, 1.165) is 5.69 Å². The molecule has 0 saturated carbocycles. The molecule has 7 nitrogen and oxygen atoms in total. The van der Waals surface area contributed by atoms with Gasteiger partial charge in [0.15, 0.2) is 0 Å². The average Bonchev–Trinajstić information content (AvgIpc) is 2.88. The van der Waals surface area contributed by atoms with Crippen LogP contribution in [-0.4, -0.2) is 51.1 Å². The second kappa shape index (κ2) is 8.54. The van der Waals surface area contributed by atoms with Crippen molar-refractivity contribution in [2.45, 2.75) is 32.5 Å². The van der Waals surface area contributed by atoms with Gasteiger partial charge in [-0.25, -0.2) is 4.79 Å². The van der Waals surface area contributed by atoms with Crippen molar-refractivity contribution in [1.82, 2.24) is 0 Å². The molecule has 1 aliphatic heterocycles. The molecule has 132 valence electrons. The minimum absolute atomic E-state index is 0.182. The van der Waals surface area contributed by atoms with Gasteiger partial charge in [0.2, 0.25) is 0 Å². The normalized spacial score (nSPS) is 18.2. The third-order valence-corrected chi connectivity index (χ3v) is 3.54. The van der Waals surface area contributed by atoms with E-state index in [4.69, 9.17) is 18.9 Å². The Morgan fingerprint density at radius 3 is 2.71 bits per heavy atom. The Bertz CT molecular complexity index is 559. The van der Waals surface area contributed by atoms with E-state index in [1.54, 1.807) is 36.3 Å². The Balaban J connectivity index is 1.82. The van der Waals surface area contributed by atoms with Crippen LogP contribution < -0.4 is 9.64 Å². The molecule has 0 radical (unpaired) electrons. The van der Waals surface area contributed by atoms with Crippen molar-refractivity contribution in [3.8, 4) is 5.75 Å². The fourth-order valence-electron chi connectivity index (χ4n) is 2.41. The van der Waals surface area contributed by atoms with Gasteiger partial charge in [-0.1, -0.05) is 0 Å². The summed E-state index contributed by atoms with van der Waals surface area (Å²) in [5, 5.41) is 0. The van der Waals surface area contributed by atoms with Crippen LogP contribution in [0.25, 0.3) is 0 Å². The van der Waals surface area contributed by atoms with Crippen LogP contribution in [0.4, 0.5) is 10.5 Å². The van der Waals surface area contributed by atoms with Crippen molar-refractivity contribution in [2.24, 2.45) is 0 Å². The number of benzene rings is 1. The van der Waals surface area contributed by atoms with Crippen LogP contribution in [0, 0.1) is 0 Å². The Morgan fingerprint density at radius 2 is 2.08 bits per heavy atom. The Labute approximate surface area is 141 Å². The summed E-state index contributed by atoms with van der Waals surface area (Å²) in [5.74, 6) is 0.394. The highest BCUT2D eigenvalue weighted by molar-refractivity contribution is 5.89. The number of hydrogen-bond acceptors (Lipinski definition) is 6. The van der Waals surface area contributed by atoms with Crippen LogP contribution in [0.3, 0.4) is 0 Å². The van der Waals surface area contributed by atoms with E-state index in [9.17, 15) is 9.59 Å². The monoisotopic (exact) mass is 337 g/mol. The number of nitrogens with zero attached hydrogens (tertiary/aromatic N) is 1. The van der Waals surface area contributed by atoms with Gasteiger partial charge in [-0.15, -0.1) is 0 Å². The van der Waals surface area contributed by atoms with Crippen LogP contribution in [0.15, 0.2) is 24.3 Å². The van der Waals surface area contributed by atoms with E-state index >= 15 is 0 Å². The number of ether oxygens (including phenoxy) is 4. The number of rotatable bonds is 8. The molecule has 1 aromatic rings. The van der Waals surface area contributed by atoms with Gasteiger partial charge in [-0.05, 0) is 31.2 Å². The molecule has 1 amide bonds. The smallest absolute Gasteiger partial charge is 0.414 e. The Kier molecular flexibility index (Phi) is 6.43. The molecular formula is C17H23NO6. The van der Waals surface area contributed by atoms with Gasteiger partial charge in [-0.3, -0.25) is 9.69 Å². The number of carbonyl (C=O) groups is 2. The van der Waals surface area contributed by atoms with E-state index in [-0.39, 0.29) is 24.3 Å². The molecule has 0 N–H and O–H groups in total. The number of esters is 1. The molecule has 1 aromatic carbocycles. The molecule has 0 aliphatic carbocycles. The van der Waals surface area contributed by atoms with Crippen LogP contribution >= 0.6 is 0 Å². The largest absolute Gasteiger partial charge is 0.493 e. The minimum atomic E-state index is -0.374. The van der Waals surface area contributed by atoms with Crippen molar-refractivity contribution in [2.75, 3.05) is 31.8 Å². The summed E-state index contributed by atoms with van der Waals surface area (Å²) >= 11 is 0. The van der Waals surface area contributed by atoms with Crippen LogP contribution in [0.2, 0.25) is 0 Å². The zero-order valence-electron chi connectivity index (χ0n) is 14.2. The van der Waals surface area contributed by atoms with E-state index in [0.29, 0.717) is 31.9 Å². The summed E-state index contributed by atoms with van der Waals surface area (Å²) in [6.45, 7) is 4.49. The lowest BCUT2D eigenvalue weighted by Crippen LogP contribution is -2.25. The molecule has 2 unspecified atom stereocenters. The SMILES string of the molecule is COCC1CN(c2ccc(OCCC(C)OC(C)=O)cc2)C(=O)O1. The molecule has 0 bridgehead atoms. The average molecular weight is 337 g/mol. The highest BCUT2D eigenvalue weighted by Gasteiger charge is 2.32. The number of methoxy groups -OCH3 is 1. The lowest BCUT2D eigenvalue weighted by molar-refractivity contribution is -0.145. The van der Waals surface area contributed by atoms with Gasteiger partial charge < -0.3 is 18.9 Å². The van der Waals surface area contributed by atoms with Crippen molar-refractivity contribution in [1.29, 1.82) is 0 Å². The summed E-state index contributed by atoms with van der Waals surface area (Å²) in [5.41, 5.74) is 0.749. The number of hydrogen-bond donors (Lipinski definition) is 0. The van der Waals surface area contributed by atoms with Gasteiger partial charge in [0, 0.05) is 26.1 Å². The molecule has 7 heteroatoms. The van der Waals surface area contributed by atoms with Gasteiger partial charge in [-0.2, -0.15) is 0 Å². The third kappa shape index (κ3) is 5.13. The molecule has 24 heavy (non-hydrogen) atoms. The highest BCUT2D eigenvalue weighted by atomic mass is 16.6. The van der Waals surface area contributed by atoms with E-state index in [1.807, 2.05) is 6.92 Å². The lowest BCUT2D eigenvalue weighted by atomic mass is 10.2. The summed E-state index contributed by atoms with van der Waals surface area (Å²) in [4.78, 5) is 24.2. The number of cyclic esters (lactones) is 1. The van der Waals surface area contributed by atoms with Gasteiger partial charge in [0.05, 0.1) is 19.8 Å². The maximum Gasteiger partial charge on any atom is 0.414 e. The molecule has 0 aromatic heterocycles. The van der Waals surface area contributed by atoms with Gasteiger partial charge in [0.1, 0.15) is 18.0 Å². The molecule has 2 rings (SSSR count). The van der Waals surface area contributed by atoms with Crippen LogP contribution in [-0.2, 0) is 19.0 Å². The Hall–Kier alpha value is -2.28. The standard InChI is InChI=1S/C17H23NO6/c1-12(23-13(2)19)8-9-22-15-6-4-14(5-7-15)18-10-16(11-21-3)24-17(18)20/h4-7,12,16H,8-11H2,1-3H3. The number of anilines is 1. The second-order valence-corrected chi connectivity index (χ2v) is 5.62. The maximum atomic E-state index is 11.9. The molecule has 1 aliphatic rings. The zero-order chi connectivity index (χ0) is 17.5. The topological polar surface area (TPSA) is 74.3 Å².